The maximum atomic E-state index is 8.72. The van der Waals surface area contributed by atoms with Crippen molar-refractivity contribution < 1.29 is 33.3 Å². The number of aliphatic hydroxyl groups is 1. The summed E-state index contributed by atoms with van der Waals surface area (Å²) in [6, 6.07) is 0. The molecule has 0 heterocycles. The first-order valence-corrected chi connectivity index (χ1v) is 6.16. The number of aliphatic hydroxyl groups excluding tert-OH is 1. The van der Waals surface area contributed by atoms with Gasteiger partial charge in [-0.2, -0.15) is 0 Å². The van der Waals surface area contributed by atoms with E-state index in [1.807, 2.05) is 12.2 Å². The Balaban J connectivity index is 0.000000180. The molecule has 4 nitrogen and oxygen atoms in total. The molecule has 0 spiro atoms. The molecular weight excluding hydrogens is 308 g/mol. The van der Waals surface area contributed by atoms with E-state index < -0.39 is 17.6 Å². The second kappa shape index (κ2) is 5.32. The van der Waals surface area contributed by atoms with E-state index >= 15 is 0 Å². The first kappa shape index (κ1) is 9.53. The fourth-order valence-electron chi connectivity index (χ4n) is 0.436. The Kier molecular flexibility index (Phi) is 5.07. The van der Waals surface area contributed by atoms with E-state index in [4.69, 9.17) is 15.7 Å². The van der Waals surface area contributed by atoms with Gasteiger partial charge in [-0.25, -0.2) is 0 Å². The van der Waals surface area contributed by atoms with Crippen LogP contribution in [-0.2, 0) is 24.4 Å². The second-order valence-electron chi connectivity index (χ2n) is 1.51. The molecule has 0 bridgehead atoms. The van der Waals surface area contributed by atoms with Gasteiger partial charge in [0.2, 0.25) is 0 Å². The van der Waals surface area contributed by atoms with Gasteiger partial charge in [0.1, 0.15) is 0 Å². The average Bonchev–Trinajstić information content (AvgIpc) is 2.15. The molecule has 0 aromatic carbocycles. The van der Waals surface area contributed by atoms with E-state index in [1.54, 1.807) is 6.08 Å². The summed E-state index contributed by atoms with van der Waals surface area (Å²) < 4.78 is 24.6. The maximum absolute atomic E-state index is 8.72. The number of rotatable bonds is 0. The van der Waals surface area contributed by atoms with E-state index in [2.05, 4.69) is 0 Å². The van der Waals surface area contributed by atoms with Gasteiger partial charge in [-0.15, -0.1) is 0 Å². The summed E-state index contributed by atoms with van der Waals surface area (Å²) in [5.41, 5.74) is 0. The molecule has 2 N–H and O–H groups in total. The van der Waals surface area contributed by atoms with Crippen LogP contribution in [0, 0.1) is 0 Å². The molecule has 1 aliphatic rings. The van der Waals surface area contributed by atoms with Gasteiger partial charge >= 0.3 is 28.2 Å². The van der Waals surface area contributed by atoms with Gasteiger partial charge in [0.15, 0.2) is 0 Å². The molecule has 0 aromatic rings. The van der Waals surface area contributed by atoms with Crippen LogP contribution in [0.1, 0.15) is 6.42 Å². The van der Waals surface area contributed by atoms with Crippen molar-refractivity contribution >= 4 is 0 Å². The predicted molar refractivity (Wildman–Crippen MR) is 28.1 cm³/mol. The van der Waals surface area contributed by atoms with Crippen LogP contribution in [-0.4, -0.2) is 8.87 Å². The molecule has 1 aliphatic carbocycles. The molecule has 0 saturated carbocycles. The van der Waals surface area contributed by atoms with Crippen molar-refractivity contribution in [2.75, 3.05) is 0 Å². The van der Waals surface area contributed by atoms with Crippen molar-refractivity contribution in [1.82, 2.24) is 0 Å². The number of hydrogen-bond donors (Lipinski definition) is 2. The Morgan fingerprint density at radius 2 is 2.00 bits per heavy atom. The Morgan fingerprint density at radius 3 is 2.10 bits per heavy atom. The van der Waals surface area contributed by atoms with E-state index in [9.17, 15) is 0 Å². The average molecular weight is 315 g/mol. The van der Waals surface area contributed by atoms with Crippen LogP contribution in [0.3, 0.4) is 0 Å². The topological polar surface area (TPSA) is 74.6 Å². The summed E-state index contributed by atoms with van der Waals surface area (Å²) in [5, 5.41) is 8.53. The Morgan fingerprint density at radius 1 is 1.50 bits per heavy atom. The van der Waals surface area contributed by atoms with Crippen molar-refractivity contribution in [2.24, 2.45) is 0 Å². The van der Waals surface area contributed by atoms with Crippen LogP contribution in [0.15, 0.2) is 24.0 Å². The summed E-state index contributed by atoms with van der Waals surface area (Å²) in [6.07, 6.45) is 6.17. The van der Waals surface area contributed by atoms with Crippen LogP contribution >= 0.6 is 0 Å². The second-order valence-corrected chi connectivity index (χ2v) is 3.07. The van der Waals surface area contributed by atoms with Crippen molar-refractivity contribution in [1.29, 1.82) is 0 Å². The molecule has 0 fully saturated rings. The van der Waals surface area contributed by atoms with Crippen LogP contribution in [0.2, 0.25) is 0 Å². The van der Waals surface area contributed by atoms with Crippen LogP contribution in [0.4, 0.5) is 0 Å². The Labute approximate surface area is 64.1 Å². The van der Waals surface area contributed by atoms with Crippen LogP contribution < -0.4 is 0 Å². The number of allylic oxidation sites excluding steroid dienone is 3. The van der Waals surface area contributed by atoms with E-state index in [0.29, 0.717) is 5.76 Å². The van der Waals surface area contributed by atoms with E-state index in [-0.39, 0.29) is 0 Å². The third-order valence-corrected chi connectivity index (χ3v) is 0.752. The quantitative estimate of drug-likeness (QED) is 0.686. The first-order valence-electron chi connectivity index (χ1n) is 2.46. The fraction of sp³-hybridized carbons (Fsp3) is 0.200. The minimum atomic E-state index is -4.03. The molecular formula is C5H7O4W. The van der Waals surface area contributed by atoms with Gasteiger partial charge in [0, 0.05) is 6.42 Å². The third kappa shape index (κ3) is 7.53. The first-order chi connectivity index (χ1) is 4.63. The summed E-state index contributed by atoms with van der Waals surface area (Å²) in [7, 11) is 0. The van der Waals surface area contributed by atoms with Gasteiger partial charge in [0.25, 0.3) is 0 Å². The molecule has 57 valence electrons. The fourth-order valence-corrected chi connectivity index (χ4v) is 0.436. The summed E-state index contributed by atoms with van der Waals surface area (Å²) >= 11 is -4.03. The zero-order valence-corrected chi connectivity index (χ0v) is 7.99. The molecule has 0 saturated heterocycles. The Bertz CT molecular complexity index is 206. The monoisotopic (exact) mass is 315 g/mol. The minimum absolute atomic E-state index is 0.468. The van der Waals surface area contributed by atoms with Gasteiger partial charge < -0.3 is 5.11 Å². The van der Waals surface area contributed by atoms with Gasteiger partial charge in [-0.1, -0.05) is 12.2 Å². The molecule has 0 radical (unpaired) electrons. The normalized spacial score (nSPS) is 13.5. The van der Waals surface area contributed by atoms with Crippen molar-refractivity contribution in [2.45, 2.75) is 6.42 Å². The van der Waals surface area contributed by atoms with Crippen LogP contribution in [0.5, 0.6) is 0 Å². The van der Waals surface area contributed by atoms with E-state index in [0.717, 1.165) is 6.42 Å². The molecule has 0 atom stereocenters. The van der Waals surface area contributed by atoms with Crippen molar-refractivity contribution in [3.05, 3.63) is 24.0 Å². The zero-order chi connectivity index (χ0) is 7.98. The number of hydrogen-bond acceptors (Lipinski definition) is 3. The zero-order valence-electron chi connectivity index (χ0n) is 5.06. The van der Waals surface area contributed by atoms with Crippen molar-refractivity contribution in [3.63, 3.8) is 0 Å². The van der Waals surface area contributed by atoms with E-state index in [1.165, 1.54) is 0 Å². The molecule has 0 aliphatic heterocycles. The molecule has 5 heteroatoms. The van der Waals surface area contributed by atoms with Crippen LogP contribution in [0.25, 0.3) is 0 Å². The SMILES string of the molecule is OC1=CC=CC1.[O]=[W](=[O])[OH]. The summed E-state index contributed by atoms with van der Waals surface area (Å²) in [6.45, 7) is 0. The summed E-state index contributed by atoms with van der Waals surface area (Å²) in [5.74, 6) is 0.468. The molecule has 0 aromatic heterocycles. The van der Waals surface area contributed by atoms with Gasteiger partial charge in [-0.3, -0.25) is 0 Å². The predicted octanol–water partition coefficient (Wildman–Crippen LogP) is 0.591. The molecule has 0 unspecified atom stereocenters. The Hall–Kier alpha value is -0.472. The molecule has 10 heavy (non-hydrogen) atoms. The standard InChI is InChI=1S/C5H6O.H2O.2O.W/c6-5-3-1-2-4-5;;;;/h1-3,6H,4H2;1H2;;;/q;;;;+1/p-1. The van der Waals surface area contributed by atoms with Gasteiger partial charge in [0.05, 0.1) is 5.76 Å². The molecule has 1 rings (SSSR count). The summed E-state index contributed by atoms with van der Waals surface area (Å²) in [4.78, 5) is 0. The third-order valence-electron chi connectivity index (χ3n) is 0.752. The van der Waals surface area contributed by atoms with Crippen molar-refractivity contribution in [3.8, 4) is 0 Å². The molecule has 0 amide bonds. The van der Waals surface area contributed by atoms with Gasteiger partial charge in [-0.05, 0) is 6.08 Å².